The minimum atomic E-state index is -1.35. The third-order valence-corrected chi connectivity index (χ3v) is 3.13. The van der Waals surface area contributed by atoms with Crippen LogP contribution in [-0.2, 0) is 0 Å². The Morgan fingerprint density at radius 3 is 2.79 bits per heavy atom. The Kier molecular flexibility index (Phi) is 5.12. The van der Waals surface area contributed by atoms with E-state index in [1.165, 1.54) is 6.07 Å². The maximum Gasteiger partial charge on any atom is 0.342 e. The van der Waals surface area contributed by atoms with Gasteiger partial charge in [0.05, 0.1) is 5.56 Å². The van der Waals surface area contributed by atoms with E-state index in [0.717, 1.165) is 11.8 Å². The van der Waals surface area contributed by atoms with E-state index >= 15 is 0 Å². The molecule has 2 rings (SSSR count). The highest BCUT2D eigenvalue weighted by atomic mass is 16.5. The number of aromatic nitrogens is 2. The van der Waals surface area contributed by atoms with E-state index in [0.29, 0.717) is 23.5 Å². The van der Waals surface area contributed by atoms with Crippen LogP contribution in [0.1, 0.15) is 29.8 Å². The van der Waals surface area contributed by atoms with Crippen LogP contribution in [0.25, 0.3) is 11.4 Å². The van der Waals surface area contributed by atoms with Crippen molar-refractivity contribution in [3.8, 4) is 23.2 Å². The Balaban J connectivity index is 2.34. The number of rotatable bonds is 5. The summed E-state index contributed by atoms with van der Waals surface area (Å²) in [6.07, 6.45) is 2.88. The molecule has 2 N–H and O–H groups in total. The van der Waals surface area contributed by atoms with Crippen LogP contribution in [0.4, 0.5) is 0 Å². The zero-order valence-electron chi connectivity index (χ0n) is 13.2. The van der Waals surface area contributed by atoms with Crippen molar-refractivity contribution in [2.45, 2.75) is 13.8 Å². The standard InChI is InChI=1S/C17H15N3O4/c1-10(2)5-6-24-14-4-3-11(7-12(14)8-18)15-19-9-13(17(22)23)16(21)20-15/h3-5,7,9H,6H2,1-2H3,(H,22,23)(H,19,20,21). The number of aromatic amines is 1. The fourth-order valence-corrected chi connectivity index (χ4v) is 1.88. The normalized spacial score (nSPS) is 9.88. The molecule has 0 spiro atoms. The summed E-state index contributed by atoms with van der Waals surface area (Å²) >= 11 is 0. The van der Waals surface area contributed by atoms with Crippen LogP contribution in [0.2, 0.25) is 0 Å². The number of hydrogen-bond donors (Lipinski definition) is 2. The van der Waals surface area contributed by atoms with Crippen molar-refractivity contribution in [1.29, 1.82) is 5.26 Å². The van der Waals surface area contributed by atoms with Gasteiger partial charge in [-0.25, -0.2) is 9.78 Å². The molecule has 7 heteroatoms. The number of ether oxygens (including phenoxy) is 1. The second kappa shape index (κ2) is 7.24. The Bertz CT molecular complexity index is 903. The summed E-state index contributed by atoms with van der Waals surface area (Å²) < 4.78 is 5.54. The summed E-state index contributed by atoms with van der Waals surface area (Å²) in [4.78, 5) is 28.9. The summed E-state index contributed by atoms with van der Waals surface area (Å²) in [5.74, 6) is -0.753. The van der Waals surface area contributed by atoms with Gasteiger partial charge in [0.2, 0.25) is 0 Å². The van der Waals surface area contributed by atoms with Crippen LogP contribution in [-0.4, -0.2) is 27.7 Å². The van der Waals surface area contributed by atoms with E-state index in [1.54, 1.807) is 12.1 Å². The molecule has 0 fully saturated rings. The number of carboxylic acid groups (broad SMARTS) is 1. The number of aromatic carboxylic acids is 1. The van der Waals surface area contributed by atoms with Gasteiger partial charge in [-0.15, -0.1) is 0 Å². The molecule has 122 valence electrons. The Hall–Kier alpha value is -3.40. The fourth-order valence-electron chi connectivity index (χ4n) is 1.88. The van der Waals surface area contributed by atoms with Gasteiger partial charge in [0.25, 0.3) is 5.56 Å². The first kappa shape index (κ1) is 17.0. The highest BCUT2D eigenvalue weighted by Gasteiger charge is 2.12. The molecule has 0 aliphatic rings. The summed E-state index contributed by atoms with van der Waals surface area (Å²) in [5.41, 5.74) is 0.677. The average molecular weight is 325 g/mol. The molecule has 0 radical (unpaired) electrons. The number of benzene rings is 1. The van der Waals surface area contributed by atoms with Crippen molar-refractivity contribution in [3.05, 3.63) is 57.5 Å². The smallest absolute Gasteiger partial charge is 0.342 e. The number of H-pyrrole nitrogens is 1. The molecule has 0 saturated heterocycles. The first-order valence-corrected chi connectivity index (χ1v) is 7.05. The Labute approximate surface area is 137 Å². The van der Waals surface area contributed by atoms with E-state index in [-0.39, 0.29) is 5.82 Å². The lowest BCUT2D eigenvalue weighted by molar-refractivity contribution is 0.0694. The number of carboxylic acids is 1. The summed E-state index contributed by atoms with van der Waals surface area (Å²) in [6.45, 7) is 4.24. The lowest BCUT2D eigenvalue weighted by Crippen LogP contribution is -2.18. The van der Waals surface area contributed by atoms with Crippen molar-refractivity contribution in [2.24, 2.45) is 0 Å². The number of nitrogens with one attached hydrogen (secondary N) is 1. The molecule has 0 saturated carbocycles. The molecule has 1 heterocycles. The number of nitrogens with zero attached hydrogens (tertiary/aromatic N) is 2. The lowest BCUT2D eigenvalue weighted by atomic mass is 10.1. The SMILES string of the molecule is CC(C)=CCOc1ccc(-c2ncc(C(=O)O)c(=O)[nH]2)cc1C#N. The van der Waals surface area contributed by atoms with Crippen LogP contribution in [0.3, 0.4) is 0 Å². The first-order chi connectivity index (χ1) is 11.4. The van der Waals surface area contributed by atoms with Crippen molar-refractivity contribution in [3.63, 3.8) is 0 Å². The van der Waals surface area contributed by atoms with E-state index in [1.807, 2.05) is 26.0 Å². The molecular formula is C17H15N3O4. The second-order valence-corrected chi connectivity index (χ2v) is 5.19. The van der Waals surface area contributed by atoms with Gasteiger partial charge in [-0.05, 0) is 38.1 Å². The highest BCUT2D eigenvalue weighted by molar-refractivity contribution is 5.86. The fraction of sp³-hybridized carbons (Fsp3) is 0.176. The lowest BCUT2D eigenvalue weighted by Gasteiger charge is -2.08. The van der Waals surface area contributed by atoms with Crippen molar-refractivity contribution in [1.82, 2.24) is 9.97 Å². The molecular weight excluding hydrogens is 310 g/mol. The number of allylic oxidation sites excluding steroid dienone is 1. The van der Waals surface area contributed by atoms with Gasteiger partial charge in [0.15, 0.2) is 0 Å². The van der Waals surface area contributed by atoms with Gasteiger partial charge in [-0.3, -0.25) is 4.79 Å². The zero-order valence-corrected chi connectivity index (χ0v) is 13.2. The quantitative estimate of drug-likeness (QED) is 0.815. The molecule has 0 amide bonds. The monoisotopic (exact) mass is 325 g/mol. The number of nitriles is 1. The number of carbonyl (C=O) groups is 1. The molecule has 7 nitrogen and oxygen atoms in total. The average Bonchev–Trinajstić information content (AvgIpc) is 2.54. The molecule has 24 heavy (non-hydrogen) atoms. The highest BCUT2D eigenvalue weighted by Crippen LogP contribution is 2.24. The van der Waals surface area contributed by atoms with E-state index in [4.69, 9.17) is 9.84 Å². The summed E-state index contributed by atoms with van der Waals surface area (Å²) in [5, 5.41) is 18.1. The van der Waals surface area contributed by atoms with E-state index < -0.39 is 17.1 Å². The Morgan fingerprint density at radius 2 is 2.21 bits per heavy atom. The topological polar surface area (TPSA) is 116 Å². The minimum absolute atomic E-state index is 0.178. The summed E-state index contributed by atoms with van der Waals surface area (Å²) in [6, 6.07) is 6.80. The van der Waals surface area contributed by atoms with Gasteiger partial charge < -0.3 is 14.8 Å². The van der Waals surface area contributed by atoms with Gasteiger partial charge in [0.1, 0.15) is 29.8 Å². The Morgan fingerprint density at radius 1 is 1.46 bits per heavy atom. The molecule has 0 aliphatic carbocycles. The van der Waals surface area contributed by atoms with Crippen molar-refractivity contribution in [2.75, 3.05) is 6.61 Å². The summed E-state index contributed by atoms with van der Waals surface area (Å²) in [7, 11) is 0. The molecule has 2 aromatic rings. The van der Waals surface area contributed by atoms with E-state index in [2.05, 4.69) is 9.97 Å². The molecule has 1 aromatic carbocycles. The van der Waals surface area contributed by atoms with Crippen molar-refractivity contribution < 1.29 is 14.6 Å². The predicted molar refractivity (Wildman–Crippen MR) is 86.9 cm³/mol. The predicted octanol–water partition coefficient (Wildman–Crippen LogP) is 2.35. The number of hydrogen-bond acceptors (Lipinski definition) is 5. The molecule has 1 aromatic heterocycles. The third-order valence-electron chi connectivity index (χ3n) is 3.13. The van der Waals surface area contributed by atoms with Gasteiger partial charge in [-0.1, -0.05) is 5.57 Å². The van der Waals surface area contributed by atoms with Crippen LogP contribution >= 0.6 is 0 Å². The van der Waals surface area contributed by atoms with Gasteiger partial charge in [-0.2, -0.15) is 5.26 Å². The zero-order chi connectivity index (χ0) is 17.7. The second-order valence-electron chi connectivity index (χ2n) is 5.19. The van der Waals surface area contributed by atoms with Crippen LogP contribution in [0.15, 0.2) is 40.8 Å². The first-order valence-electron chi connectivity index (χ1n) is 7.05. The largest absolute Gasteiger partial charge is 0.488 e. The third kappa shape index (κ3) is 3.87. The van der Waals surface area contributed by atoms with Gasteiger partial charge in [0, 0.05) is 11.8 Å². The maximum atomic E-state index is 11.7. The van der Waals surface area contributed by atoms with Crippen LogP contribution < -0.4 is 10.3 Å². The minimum Gasteiger partial charge on any atom is -0.488 e. The van der Waals surface area contributed by atoms with Crippen LogP contribution in [0.5, 0.6) is 5.75 Å². The molecule has 0 unspecified atom stereocenters. The maximum absolute atomic E-state index is 11.7. The molecule has 0 aliphatic heterocycles. The van der Waals surface area contributed by atoms with Gasteiger partial charge >= 0.3 is 5.97 Å². The molecule has 0 bridgehead atoms. The van der Waals surface area contributed by atoms with Crippen molar-refractivity contribution >= 4 is 5.97 Å². The van der Waals surface area contributed by atoms with E-state index in [9.17, 15) is 14.9 Å². The molecule has 0 atom stereocenters. The van der Waals surface area contributed by atoms with Crippen LogP contribution in [0, 0.1) is 11.3 Å².